The van der Waals surface area contributed by atoms with Crippen molar-refractivity contribution in [1.29, 1.82) is 0 Å². The number of guanidine groups is 1. The molecule has 2 heterocycles. The SMILES string of the molecule is CN=C(NCc1cn2ccsc2n1)NCc1ccc(C)cc1C.I. The zero-order valence-corrected chi connectivity index (χ0v) is 17.2. The van der Waals surface area contributed by atoms with Gasteiger partial charge in [-0.2, -0.15) is 0 Å². The van der Waals surface area contributed by atoms with E-state index in [-0.39, 0.29) is 24.0 Å². The van der Waals surface area contributed by atoms with Gasteiger partial charge in [-0.05, 0) is 25.0 Å². The molecule has 0 aliphatic rings. The van der Waals surface area contributed by atoms with Crippen molar-refractivity contribution in [2.45, 2.75) is 26.9 Å². The summed E-state index contributed by atoms with van der Waals surface area (Å²) in [5.41, 5.74) is 4.86. The third-order valence-corrected chi connectivity index (χ3v) is 4.52. The lowest BCUT2D eigenvalue weighted by Gasteiger charge is -2.12. The normalized spacial score (nSPS) is 11.4. The smallest absolute Gasteiger partial charge is 0.193 e. The van der Waals surface area contributed by atoms with Gasteiger partial charge in [-0.15, -0.1) is 35.3 Å². The number of benzene rings is 1. The first-order valence-corrected chi connectivity index (χ1v) is 8.45. The maximum atomic E-state index is 4.56. The van der Waals surface area contributed by atoms with Gasteiger partial charge in [0.2, 0.25) is 0 Å². The van der Waals surface area contributed by atoms with Gasteiger partial charge in [0.1, 0.15) is 0 Å². The summed E-state index contributed by atoms with van der Waals surface area (Å²) in [6, 6.07) is 6.50. The van der Waals surface area contributed by atoms with Crippen LogP contribution in [-0.2, 0) is 13.1 Å². The number of halogens is 1. The maximum Gasteiger partial charge on any atom is 0.193 e. The Bertz CT molecular complexity index is 808. The van der Waals surface area contributed by atoms with Gasteiger partial charge >= 0.3 is 0 Å². The highest BCUT2D eigenvalue weighted by atomic mass is 127. The standard InChI is InChI=1S/C17H21N5S.HI/c1-12-4-5-14(13(2)8-12)9-19-16(18-3)20-10-15-11-22-6-7-23-17(22)21-15;/h4-8,11H,9-10H2,1-3H3,(H2,18,19,20);1H. The number of nitrogens with zero attached hydrogens (tertiary/aromatic N) is 3. The second kappa shape index (κ2) is 8.48. The van der Waals surface area contributed by atoms with Crippen LogP contribution in [-0.4, -0.2) is 22.4 Å². The van der Waals surface area contributed by atoms with Gasteiger partial charge in [-0.1, -0.05) is 23.8 Å². The number of thiazole rings is 1. The number of hydrogen-bond acceptors (Lipinski definition) is 3. The first-order chi connectivity index (χ1) is 11.2. The van der Waals surface area contributed by atoms with Crippen molar-refractivity contribution >= 4 is 46.2 Å². The lowest BCUT2D eigenvalue weighted by molar-refractivity contribution is 0.796. The summed E-state index contributed by atoms with van der Waals surface area (Å²) in [5.74, 6) is 0.779. The molecule has 3 aromatic rings. The zero-order chi connectivity index (χ0) is 16.2. The van der Waals surface area contributed by atoms with Crippen molar-refractivity contribution in [2.24, 2.45) is 4.99 Å². The van der Waals surface area contributed by atoms with Crippen LogP contribution >= 0.6 is 35.3 Å². The number of imidazole rings is 1. The van der Waals surface area contributed by atoms with Crippen molar-refractivity contribution in [3.8, 4) is 0 Å². The van der Waals surface area contributed by atoms with Crippen molar-refractivity contribution in [3.63, 3.8) is 0 Å². The second-order valence-corrected chi connectivity index (χ2v) is 6.41. The molecule has 2 N–H and O–H groups in total. The fourth-order valence-electron chi connectivity index (χ4n) is 2.48. The van der Waals surface area contributed by atoms with E-state index in [0.717, 1.165) is 23.2 Å². The maximum absolute atomic E-state index is 4.56. The Morgan fingerprint density at radius 1 is 1.25 bits per heavy atom. The van der Waals surface area contributed by atoms with Gasteiger partial charge in [-0.25, -0.2) is 4.98 Å². The van der Waals surface area contributed by atoms with Crippen LogP contribution in [0.4, 0.5) is 0 Å². The van der Waals surface area contributed by atoms with Crippen LogP contribution in [0.3, 0.4) is 0 Å². The lowest BCUT2D eigenvalue weighted by atomic mass is 10.1. The summed E-state index contributed by atoms with van der Waals surface area (Å²) in [6.45, 7) is 5.66. The number of aromatic nitrogens is 2. The molecule has 24 heavy (non-hydrogen) atoms. The molecule has 0 spiro atoms. The molecule has 2 aromatic heterocycles. The Morgan fingerprint density at radius 2 is 2.04 bits per heavy atom. The van der Waals surface area contributed by atoms with Crippen LogP contribution in [0.1, 0.15) is 22.4 Å². The first kappa shape index (κ1) is 18.7. The largest absolute Gasteiger partial charge is 0.352 e. The van der Waals surface area contributed by atoms with E-state index in [0.29, 0.717) is 6.54 Å². The zero-order valence-electron chi connectivity index (χ0n) is 14.0. The minimum atomic E-state index is 0. The number of rotatable bonds is 4. The van der Waals surface area contributed by atoms with Crippen molar-refractivity contribution in [1.82, 2.24) is 20.0 Å². The first-order valence-electron chi connectivity index (χ1n) is 7.57. The van der Waals surface area contributed by atoms with Crippen LogP contribution in [0.5, 0.6) is 0 Å². The quantitative estimate of drug-likeness (QED) is 0.360. The average Bonchev–Trinajstić information content (AvgIpc) is 3.10. The van der Waals surface area contributed by atoms with E-state index >= 15 is 0 Å². The predicted molar refractivity (Wildman–Crippen MR) is 111 cm³/mol. The molecule has 0 radical (unpaired) electrons. The van der Waals surface area contributed by atoms with Gasteiger partial charge in [0.15, 0.2) is 10.9 Å². The van der Waals surface area contributed by atoms with Crippen LogP contribution in [0.25, 0.3) is 4.96 Å². The Labute approximate surface area is 163 Å². The van der Waals surface area contributed by atoms with Gasteiger partial charge in [-0.3, -0.25) is 9.39 Å². The predicted octanol–water partition coefficient (Wildman–Crippen LogP) is 3.50. The molecule has 0 amide bonds. The molecule has 5 nitrogen and oxygen atoms in total. The number of fused-ring (bicyclic) bond motifs is 1. The number of nitrogens with one attached hydrogen (secondary N) is 2. The Hall–Kier alpha value is -1.61. The highest BCUT2D eigenvalue weighted by molar-refractivity contribution is 14.0. The summed E-state index contributed by atoms with van der Waals surface area (Å²) in [5, 5.41) is 8.69. The molecule has 0 aliphatic heterocycles. The van der Waals surface area contributed by atoms with Crippen molar-refractivity contribution in [2.75, 3.05) is 7.05 Å². The molecule has 0 atom stereocenters. The van der Waals surface area contributed by atoms with E-state index in [1.165, 1.54) is 16.7 Å². The van der Waals surface area contributed by atoms with Crippen molar-refractivity contribution in [3.05, 3.63) is 58.4 Å². The van der Waals surface area contributed by atoms with E-state index in [1.54, 1.807) is 18.4 Å². The minimum absolute atomic E-state index is 0. The molecule has 0 bridgehead atoms. The molecule has 128 valence electrons. The van der Waals surface area contributed by atoms with Crippen LogP contribution < -0.4 is 10.6 Å². The summed E-state index contributed by atoms with van der Waals surface area (Å²) >= 11 is 1.64. The number of aryl methyl sites for hydroxylation is 2. The number of hydrogen-bond donors (Lipinski definition) is 2. The average molecular weight is 455 g/mol. The van der Waals surface area contributed by atoms with E-state index in [2.05, 4.69) is 52.7 Å². The number of aliphatic imine (C=N–C) groups is 1. The van der Waals surface area contributed by atoms with Gasteiger partial charge in [0.05, 0.1) is 12.2 Å². The fraction of sp³-hybridized carbons (Fsp3) is 0.294. The summed E-state index contributed by atoms with van der Waals surface area (Å²) in [6.07, 6.45) is 4.06. The van der Waals surface area contributed by atoms with Crippen LogP contribution in [0, 0.1) is 13.8 Å². The second-order valence-electron chi connectivity index (χ2n) is 5.53. The van der Waals surface area contributed by atoms with E-state index < -0.39 is 0 Å². The highest BCUT2D eigenvalue weighted by Gasteiger charge is 2.05. The molecule has 0 aliphatic carbocycles. The van der Waals surface area contributed by atoms with Crippen molar-refractivity contribution < 1.29 is 0 Å². The van der Waals surface area contributed by atoms with E-state index in [4.69, 9.17) is 0 Å². The summed E-state index contributed by atoms with van der Waals surface area (Å²) in [4.78, 5) is 9.84. The Balaban J connectivity index is 0.00000208. The van der Waals surface area contributed by atoms with Crippen LogP contribution in [0.2, 0.25) is 0 Å². The minimum Gasteiger partial charge on any atom is -0.352 e. The molecule has 7 heteroatoms. The Kier molecular flexibility index (Phi) is 6.61. The molecule has 0 saturated carbocycles. The van der Waals surface area contributed by atoms with Crippen LogP contribution in [0.15, 0.2) is 41.0 Å². The molecule has 0 saturated heterocycles. The molecule has 0 fully saturated rings. The van der Waals surface area contributed by atoms with Gasteiger partial charge in [0, 0.05) is 31.4 Å². The molecular formula is C17H22IN5S. The lowest BCUT2D eigenvalue weighted by Crippen LogP contribution is -2.36. The van der Waals surface area contributed by atoms with E-state index in [1.807, 2.05) is 22.2 Å². The monoisotopic (exact) mass is 455 g/mol. The fourth-order valence-corrected chi connectivity index (χ4v) is 3.20. The molecule has 1 aromatic carbocycles. The van der Waals surface area contributed by atoms with Gasteiger partial charge in [0.25, 0.3) is 0 Å². The Morgan fingerprint density at radius 3 is 2.75 bits per heavy atom. The third kappa shape index (κ3) is 4.47. The third-order valence-electron chi connectivity index (χ3n) is 3.75. The molecular weight excluding hydrogens is 433 g/mol. The summed E-state index contributed by atoms with van der Waals surface area (Å²) < 4.78 is 2.04. The highest BCUT2D eigenvalue weighted by Crippen LogP contribution is 2.11. The van der Waals surface area contributed by atoms with Gasteiger partial charge < -0.3 is 10.6 Å². The topological polar surface area (TPSA) is 53.7 Å². The van der Waals surface area contributed by atoms with E-state index in [9.17, 15) is 0 Å². The molecule has 0 unspecified atom stereocenters. The molecule has 3 rings (SSSR count). The summed E-state index contributed by atoms with van der Waals surface area (Å²) in [7, 11) is 1.78.